The van der Waals surface area contributed by atoms with Crippen LogP contribution in [-0.4, -0.2) is 0 Å². The van der Waals surface area contributed by atoms with E-state index in [2.05, 4.69) is 241 Å². The number of para-hydroxylation sites is 1. The van der Waals surface area contributed by atoms with Crippen molar-refractivity contribution >= 4 is 49.8 Å². The van der Waals surface area contributed by atoms with Gasteiger partial charge in [0.2, 0.25) is 0 Å². The van der Waals surface area contributed by atoms with Crippen LogP contribution in [0.5, 0.6) is 0 Å². The second-order valence-electron chi connectivity index (χ2n) is 16.0. The van der Waals surface area contributed by atoms with Crippen molar-refractivity contribution in [1.29, 1.82) is 0 Å². The first-order valence-electron chi connectivity index (χ1n) is 21.0. The first-order valence-corrected chi connectivity index (χ1v) is 21.0. The molecule has 10 aromatic carbocycles. The molecule has 0 fully saturated rings. The summed E-state index contributed by atoms with van der Waals surface area (Å²) in [4.78, 5) is 2.36. The summed E-state index contributed by atoms with van der Waals surface area (Å²) < 4.78 is 6.92. The van der Waals surface area contributed by atoms with E-state index in [9.17, 15) is 0 Å². The van der Waals surface area contributed by atoms with Gasteiger partial charge >= 0.3 is 0 Å². The maximum Gasteiger partial charge on any atom is 0.143 e. The lowest BCUT2D eigenvalue weighted by atomic mass is 9.67. The predicted octanol–water partition coefficient (Wildman–Crippen LogP) is 15.9. The Balaban J connectivity index is 1.09. The molecule has 0 atom stereocenters. The molecule has 2 nitrogen and oxygen atoms in total. The van der Waals surface area contributed by atoms with Gasteiger partial charge in [-0.1, -0.05) is 188 Å². The third kappa shape index (κ3) is 5.43. The van der Waals surface area contributed by atoms with Gasteiger partial charge in [-0.25, -0.2) is 0 Å². The number of rotatable bonds is 7. The molecule has 0 amide bonds. The van der Waals surface area contributed by atoms with Crippen LogP contribution in [0, 0.1) is 0 Å². The van der Waals surface area contributed by atoms with Crippen molar-refractivity contribution in [2.45, 2.75) is 5.41 Å². The average molecular weight is 778 g/mol. The Hall–Kier alpha value is -7.94. The van der Waals surface area contributed by atoms with Gasteiger partial charge in [-0.05, 0) is 110 Å². The number of benzene rings is 10. The third-order valence-corrected chi connectivity index (χ3v) is 12.7. The van der Waals surface area contributed by atoms with Crippen molar-refractivity contribution in [3.63, 3.8) is 0 Å². The Kier molecular flexibility index (Phi) is 8.11. The first kappa shape index (κ1) is 35.0. The summed E-state index contributed by atoms with van der Waals surface area (Å²) in [6.07, 6.45) is 0. The average Bonchev–Trinajstić information content (AvgIpc) is 3.87. The van der Waals surface area contributed by atoms with Crippen LogP contribution in [0.1, 0.15) is 22.3 Å². The molecule has 0 unspecified atom stereocenters. The van der Waals surface area contributed by atoms with Gasteiger partial charge in [0.15, 0.2) is 0 Å². The van der Waals surface area contributed by atoms with Crippen LogP contribution >= 0.6 is 0 Å². The van der Waals surface area contributed by atoms with Gasteiger partial charge in [-0.3, -0.25) is 0 Å². The van der Waals surface area contributed by atoms with E-state index in [1.165, 1.54) is 55.6 Å². The van der Waals surface area contributed by atoms with E-state index < -0.39 is 5.41 Å². The molecule has 1 aliphatic carbocycles. The van der Waals surface area contributed by atoms with E-state index in [1.807, 2.05) is 0 Å². The molecule has 0 spiro atoms. The Bertz CT molecular complexity index is 3350. The first-order chi connectivity index (χ1) is 30.3. The lowest BCUT2D eigenvalue weighted by Gasteiger charge is -2.33. The minimum Gasteiger partial charge on any atom is -0.455 e. The Morgan fingerprint density at radius 3 is 1.62 bits per heavy atom. The van der Waals surface area contributed by atoms with E-state index in [-0.39, 0.29) is 0 Å². The minimum atomic E-state index is -0.450. The molecule has 2 heteroatoms. The maximum atomic E-state index is 6.92. The van der Waals surface area contributed by atoms with Crippen LogP contribution in [0.15, 0.2) is 241 Å². The van der Waals surface area contributed by atoms with Gasteiger partial charge in [0.05, 0.1) is 16.5 Å². The summed E-state index contributed by atoms with van der Waals surface area (Å²) >= 11 is 0. The van der Waals surface area contributed by atoms with E-state index in [0.717, 1.165) is 49.8 Å². The summed E-state index contributed by atoms with van der Waals surface area (Å²) in [5.41, 5.74) is 16.9. The van der Waals surface area contributed by atoms with Gasteiger partial charge in [0.1, 0.15) is 11.2 Å². The zero-order chi connectivity index (χ0) is 40.3. The molecule has 0 N–H and O–H groups in total. The molecule has 0 saturated heterocycles. The second kappa shape index (κ2) is 14.1. The summed E-state index contributed by atoms with van der Waals surface area (Å²) in [5, 5.41) is 4.43. The highest BCUT2D eigenvalue weighted by Gasteiger charge is 2.46. The molecule has 61 heavy (non-hydrogen) atoms. The summed E-state index contributed by atoms with van der Waals surface area (Å²) in [6, 6.07) is 85.8. The van der Waals surface area contributed by atoms with Crippen LogP contribution in [0.4, 0.5) is 17.1 Å². The lowest BCUT2D eigenvalue weighted by Crippen LogP contribution is -2.28. The summed E-state index contributed by atoms with van der Waals surface area (Å²) in [7, 11) is 0. The van der Waals surface area contributed by atoms with Gasteiger partial charge in [0.25, 0.3) is 0 Å². The molecule has 1 aromatic heterocycles. The minimum absolute atomic E-state index is 0.450. The topological polar surface area (TPSA) is 16.4 Å². The number of hydrogen-bond donors (Lipinski definition) is 0. The van der Waals surface area contributed by atoms with Crippen LogP contribution in [0.2, 0.25) is 0 Å². The maximum absolute atomic E-state index is 6.92. The van der Waals surface area contributed by atoms with Gasteiger partial charge < -0.3 is 9.32 Å². The molecule has 1 heterocycles. The quantitative estimate of drug-likeness (QED) is 0.160. The number of nitrogens with zero attached hydrogens (tertiary/aromatic N) is 1. The fraction of sp³-hybridized carbons (Fsp3) is 0.0169. The zero-order valence-electron chi connectivity index (χ0n) is 33.4. The van der Waals surface area contributed by atoms with Crippen LogP contribution in [0.25, 0.3) is 66.1 Å². The van der Waals surface area contributed by atoms with E-state index >= 15 is 0 Å². The van der Waals surface area contributed by atoms with Crippen molar-refractivity contribution in [2.24, 2.45) is 0 Å². The number of furan rings is 1. The molecule has 0 saturated carbocycles. The van der Waals surface area contributed by atoms with Crippen molar-refractivity contribution in [2.75, 3.05) is 4.90 Å². The third-order valence-electron chi connectivity index (χ3n) is 12.7. The molecule has 0 bridgehead atoms. The van der Waals surface area contributed by atoms with Crippen LogP contribution in [-0.2, 0) is 5.41 Å². The standard InChI is InChI=1S/C59H39NO/c1-5-18-40(19-6-1)41-32-35-46(36-33-41)60(45-24-11-4-12-25-45)55-30-17-31-56-57(55)52-39-50(47-26-13-14-28-49(47)58(52)61-56)42-34-37-54-51(38-42)48-27-15-16-29-53(48)59(54,43-20-7-2-8-21-43)44-22-9-3-10-23-44/h1-39H. The molecule has 0 aliphatic heterocycles. The molecule has 11 aromatic rings. The van der Waals surface area contributed by atoms with Crippen molar-refractivity contribution < 1.29 is 4.42 Å². The SMILES string of the molecule is c1ccc(-c2ccc(N(c3ccccc3)c3cccc4oc5c6ccccc6c(-c6ccc7c(c6)-c6ccccc6C7(c6ccccc6)c6ccccc6)cc5c34)cc2)cc1. The highest BCUT2D eigenvalue weighted by molar-refractivity contribution is 6.22. The molecule has 12 rings (SSSR count). The smallest absolute Gasteiger partial charge is 0.143 e. The van der Waals surface area contributed by atoms with Crippen molar-refractivity contribution in [3.8, 4) is 33.4 Å². The molecular weight excluding hydrogens is 739 g/mol. The molecule has 286 valence electrons. The second-order valence-corrected chi connectivity index (χ2v) is 16.0. The van der Waals surface area contributed by atoms with E-state index in [0.29, 0.717) is 0 Å². The van der Waals surface area contributed by atoms with E-state index in [4.69, 9.17) is 4.42 Å². The zero-order valence-corrected chi connectivity index (χ0v) is 33.4. The Labute approximate surface area is 355 Å². The molecular formula is C59H39NO. The number of hydrogen-bond acceptors (Lipinski definition) is 2. The Morgan fingerprint density at radius 2 is 0.902 bits per heavy atom. The van der Waals surface area contributed by atoms with Crippen molar-refractivity contribution in [3.05, 3.63) is 259 Å². The fourth-order valence-corrected chi connectivity index (χ4v) is 10.1. The van der Waals surface area contributed by atoms with E-state index in [1.54, 1.807) is 0 Å². The van der Waals surface area contributed by atoms with Gasteiger partial charge in [0, 0.05) is 22.1 Å². The predicted molar refractivity (Wildman–Crippen MR) is 254 cm³/mol. The highest BCUT2D eigenvalue weighted by atomic mass is 16.3. The van der Waals surface area contributed by atoms with Crippen LogP contribution < -0.4 is 4.90 Å². The summed E-state index contributed by atoms with van der Waals surface area (Å²) in [5.74, 6) is 0. The lowest BCUT2D eigenvalue weighted by molar-refractivity contribution is 0.672. The molecule has 1 aliphatic rings. The van der Waals surface area contributed by atoms with Crippen LogP contribution in [0.3, 0.4) is 0 Å². The summed E-state index contributed by atoms with van der Waals surface area (Å²) in [6.45, 7) is 0. The number of anilines is 3. The monoisotopic (exact) mass is 777 g/mol. The highest BCUT2D eigenvalue weighted by Crippen LogP contribution is 2.57. The normalized spacial score (nSPS) is 12.7. The van der Waals surface area contributed by atoms with Gasteiger partial charge in [-0.15, -0.1) is 0 Å². The Morgan fingerprint density at radius 1 is 0.344 bits per heavy atom. The largest absolute Gasteiger partial charge is 0.455 e. The fourth-order valence-electron chi connectivity index (χ4n) is 10.1. The molecule has 0 radical (unpaired) electrons. The number of fused-ring (bicyclic) bond motifs is 8. The van der Waals surface area contributed by atoms with Crippen molar-refractivity contribution in [1.82, 2.24) is 0 Å². The van der Waals surface area contributed by atoms with Gasteiger partial charge in [-0.2, -0.15) is 0 Å².